The Bertz CT molecular complexity index is 604. The Morgan fingerprint density at radius 2 is 1.85 bits per heavy atom. The van der Waals surface area contributed by atoms with Crippen LogP contribution in [0.5, 0.6) is 0 Å². The maximum atomic E-state index is 4.84. The Hall–Kier alpha value is -1.35. The lowest BCUT2D eigenvalue weighted by Gasteiger charge is -2.28. The number of fused-ring (bicyclic) bond motifs is 1. The lowest BCUT2D eigenvalue weighted by Crippen LogP contribution is -2.29. The van der Waals surface area contributed by atoms with Gasteiger partial charge in [0, 0.05) is 18.4 Å². The molecule has 1 aromatic heterocycles. The van der Waals surface area contributed by atoms with Crippen molar-refractivity contribution in [2.45, 2.75) is 38.5 Å². The number of benzene rings is 1. The molecule has 0 atom stereocenters. The summed E-state index contributed by atoms with van der Waals surface area (Å²) in [7, 11) is 4.28. The minimum Gasteiger partial charge on any atom is -0.306 e. The molecule has 0 spiro atoms. The normalized spacial score (nSPS) is 18.2. The first-order valence-electron chi connectivity index (χ1n) is 7.71. The zero-order valence-corrected chi connectivity index (χ0v) is 13.1. The fraction of sp³-hybridized carbons (Fsp3) is 0.588. The summed E-state index contributed by atoms with van der Waals surface area (Å²) in [4.78, 5) is 2.42. The van der Waals surface area contributed by atoms with Crippen molar-refractivity contribution in [1.82, 2.24) is 14.7 Å². The van der Waals surface area contributed by atoms with E-state index in [1.165, 1.54) is 48.1 Å². The third kappa shape index (κ3) is 2.35. The summed E-state index contributed by atoms with van der Waals surface area (Å²) in [5.41, 5.74) is 3.99. The van der Waals surface area contributed by atoms with Crippen molar-refractivity contribution in [2.24, 2.45) is 7.05 Å². The van der Waals surface area contributed by atoms with Gasteiger partial charge in [-0.1, -0.05) is 26.0 Å². The summed E-state index contributed by atoms with van der Waals surface area (Å²) in [5, 5.41) is 6.19. The maximum absolute atomic E-state index is 4.84. The van der Waals surface area contributed by atoms with Crippen molar-refractivity contribution in [3.05, 3.63) is 29.5 Å². The van der Waals surface area contributed by atoms with E-state index in [0.717, 1.165) is 0 Å². The van der Waals surface area contributed by atoms with Crippen LogP contribution in [0.3, 0.4) is 0 Å². The van der Waals surface area contributed by atoms with Crippen molar-refractivity contribution in [2.75, 3.05) is 20.1 Å². The molecule has 0 saturated carbocycles. The summed E-state index contributed by atoms with van der Waals surface area (Å²) in [5.74, 6) is 1.20. The van der Waals surface area contributed by atoms with E-state index in [0.29, 0.717) is 11.8 Å². The monoisotopic (exact) mass is 271 g/mol. The fourth-order valence-electron chi connectivity index (χ4n) is 3.25. The molecule has 2 heterocycles. The summed E-state index contributed by atoms with van der Waals surface area (Å²) < 4.78 is 2.06. The van der Waals surface area contributed by atoms with E-state index in [2.05, 4.69) is 55.7 Å². The van der Waals surface area contributed by atoms with Gasteiger partial charge in [-0.3, -0.25) is 4.68 Å². The van der Waals surface area contributed by atoms with Crippen molar-refractivity contribution in [3.63, 3.8) is 0 Å². The molecule has 1 aliphatic heterocycles. The zero-order chi connectivity index (χ0) is 14.3. The van der Waals surface area contributed by atoms with Gasteiger partial charge in [-0.25, -0.2) is 0 Å². The van der Waals surface area contributed by atoms with Gasteiger partial charge in [-0.2, -0.15) is 5.10 Å². The molecule has 0 radical (unpaired) electrons. The summed E-state index contributed by atoms with van der Waals surface area (Å²) in [6.45, 7) is 6.87. The molecule has 108 valence electrons. The highest BCUT2D eigenvalue weighted by Crippen LogP contribution is 2.33. The highest BCUT2D eigenvalue weighted by molar-refractivity contribution is 5.83. The second kappa shape index (κ2) is 5.21. The first-order valence-corrected chi connectivity index (χ1v) is 7.71. The van der Waals surface area contributed by atoms with Gasteiger partial charge in [-0.05, 0) is 50.5 Å². The van der Waals surface area contributed by atoms with Gasteiger partial charge in [0.05, 0.1) is 11.2 Å². The number of rotatable bonds is 2. The maximum Gasteiger partial charge on any atom is 0.0735 e. The van der Waals surface area contributed by atoms with E-state index < -0.39 is 0 Å². The van der Waals surface area contributed by atoms with Gasteiger partial charge in [0.25, 0.3) is 0 Å². The first kappa shape index (κ1) is 13.6. The number of likely N-dealkylation sites (tertiary alicyclic amines) is 1. The van der Waals surface area contributed by atoms with Gasteiger partial charge in [-0.15, -0.1) is 0 Å². The molecule has 0 aliphatic carbocycles. The smallest absolute Gasteiger partial charge is 0.0735 e. The number of piperidine rings is 1. The topological polar surface area (TPSA) is 21.1 Å². The van der Waals surface area contributed by atoms with Crippen LogP contribution < -0.4 is 0 Å². The Balaban J connectivity index is 2.00. The molecule has 0 N–H and O–H groups in total. The van der Waals surface area contributed by atoms with Gasteiger partial charge in [0.15, 0.2) is 0 Å². The Labute approximate surface area is 121 Å². The molecule has 2 aromatic rings. The minimum absolute atomic E-state index is 0.570. The lowest BCUT2D eigenvalue weighted by atomic mass is 9.91. The standard InChI is InChI=1S/C17H25N3/c1-12(2)14-5-6-15-16(11-14)20(4)18-17(15)13-7-9-19(3)10-8-13/h5-6,11-13H,7-10H2,1-4H3. The molecule has 0 bridgehead atoms. The number of hydrogen-bond donors (Lipinski definition) is 0. The molecule has 1 aliphatic rings. The molecule has 1 fully saturated rings. The van der Waals surface area contributed by atoms with E-state index >= 15 is 0 Å². The van der Waals surface area contributed by atoms with Crippen molar-refractivity contribution in [3.8, 4) is 0 Å². The van der Waals surface area contributed by atoms with E-state index in [-0.39, 0.29) is 0 Å². The third-order valence-corrected chi connectivity index (χ3v) is 4.68. The summed E-state index contributed by atoms with van der Waals surface area (Å²) >= 11 is 0. The van der Waals surface area contributed by atoms with Crippen molar-refractivity contribution in [1.29, 1.82) is 0 Å². The van der Waals surface area contributed by atoms with Crippen LogP contribution in [0.1, 0.15) is 49.8 Å². The van der Waals surface area contributed by atoms with Gasteiger partial charge < -0.3 is 4.90 Å². The van der Waals surface area contributed by atoms with Crippen LogP contribution >= 0.6 is 0 Å². The molecule has 3 heteroatoms. The molecular weight excluding hydrogens is 246 g/mol. The number of aryl methyl sites for hydroxylation is 1. The first-order chi connectivity index (χ1) is 9.56. The van der Waals surface area contributed by atoms with Crippen LogP contribution in [0.15, 0.2) is 18.2 Å². The van der Waals surface area contributed by atoms with Gasteiger partial charge in [0.1, 0.15) is 0 Å². The molecule has 3 rings (SSSR count). The molecule has 0 amide bonds. The predicted octanol–water partition coefficient (Wildman–Crippen LogP) is 3.51. The lowest BCUT2D eigenvalue weighted by molar-refractivity contribution is 0.253. The van der Waals surface area contributed by atoms with Crippen LogP contribution in [0, 0.1) is 0 Å². The van der Waals surface area contributed by atoms with Crippen LogP contribution in [-0.2, 0) is 7.05 Å². The fourth-order valence-corrected chi connectivity index (χ4v) is 3.25. The van der Waals surface area contributed by atoms with Crippen molar-refractivity contribution >= 4 is 10.9 Å². The Morgan fingerprint density at radius 3 is 2.50 bits per heavy atom. The van der Waals surface area contributed by atoms with Crippen LogP contribution in [-0.4, -0.2) is 34.8 Å². The van der Waals surface area contributed by atoms with Gasteiger partial charge in [0.2, 0.25) is 0 Å². The highest BCUT2D eigenvalue weighted by Gasteiger charge is 2.23. The number of nitrogens with zero attached hydrogens (tertiary/aromatic N) is 3. The number of hydrogen-bond acceptors (Lipinski definition) is 2. The second-order valence-corrected chi connectivity index (χ2v) is 6.52. The average molecular weight is 271 g/mol. The molecule has 1 aromatic carbocycles. The zero-order valence-electron chi connectivity index (χ0n) is 13.1. The van der Waals surface area contributed by atoms with Crippen molar-refractivity contribution < 1.29 is 0 Å². The quantitative estimate of drug-likeness (QED) is 0.833. The molecular formula is C17H25N3. The summed E-state index contributed by atoms with van der Waals surface area (Å²) in [6.07, 6.45) is 2.46. The molecule has 1 saturated heterocycles. The second-order valence-electron chi connectivity index (χ2n) is 6.52. The van der Waals surface area contributed by atoms with E-state index in [9.17, 15) is 0 Å². The molecule has 0 unspecified atom stereocenters. The Kier molecular flexibility index (Phi) is 3.55. The summed E-state index contributed by atoms with van der Waals surface area (Å²) in [6, 6.07) is 6.86. The largest absolute Gasteiger partial charge is 0.306 e. The van der Waals surface area contributed by atoms with E-state index in [1.807, 2.05) is 0 Å². The minimum atomic E-state index is 0.570. The Morgan fingerprint density at radius 1 is 1.15 bits per heavy atom. The van der Waals surface area contributed by atoms with Crippen LogP contribution in [0.25, 0.3) is 10.9 Å². The SMILES string of the molecule is CC(C)c1ccc2c(C3CCN(C)CC3)nn(C)c2c1. The highest BCUT2D eigenvalue weighted by atomic mass is 15.3. The van der Waals surface area contributed by atoms with Crippen LogP contribution in [0.4, 0.5) is 0 Å². The van der Waals surface area contributed by atoms with E-state index in [4.69, 9.17) is 5.10 Å². The average Bonchev–Trinajstić information content (AvgIpc) is 2.76. The number of aromatic nitrogens is 2. The molecule has 3 nitrogen and oxygen atoms in total. The molecule has 20 heavy (non-hydrogen) atoms. The van der Waals surface area contributed by atoms with Gasteiger partial charge >= 0.3 is 0 Å². The van der Waals surface area contributed by atoms with E-state index in [1.54, 1.807) is 0 Å². The predicted molar refractivity (Wildman–Crippen MR) is 84.3 cm³/mol. The third-order valence-electron chi connectivity index (χ3n) is 4.68. The van der Waals surface area contributed by atoms with Crippen LogP contribution in [0.2, 0.25) is 0 Å².